The summed E-state index contributed by atoms with van der Waals surface area (Å²) < 4.78 is 0. The maximum absolute atomic E-state index is 9.47. The van der Waals surface area contributed by atoms with Crippen LogP contribution >= 0.6 is 15.9 Å². The number of aliphatic hydroxyl groups excluding tert-OH is 1. The first-order valence-electron chi connectivity index (χ1n) is 6.53. The molecule has 0 saturated carbocycles. The van der Waals surface area contributed by atoms with Crippen LogP contribution in [0.5, 0.6) is 0 Å². The predicted molar refractivity (Wildman–Crippen MR) is 74.8 cm³/mol. The largest absolute Gasteiger partial charge is 0.380 e. The third-order valence-electron chi connectivity index (χ3n) is 2.54. The number of rotatable bonds is 9. The Hall–Kier alpha value is 0. The highest BCUT2D eigenvalue weighted by molar-refractivity contribution is 9.09. The minimum absolute atomic E-state index is 0.395. The van der Waals surface area contributed by atoms with Gasteiger partial charge in [0.05, 0.1) is 0 Å². The quantitative estimate of drug-likeness (QED) is 0.381. The molecule has 0 rings (SSSR count). The van der Waals surface area contributed by atoms with Gasteiger partial charge in [0.25, 0.3) is 0 Å². The van der Waals surface area contributed by atoms with Crippen molar-refractivity contribution in [1.82, 2.24) is 0 Å². The Labute approximate surface area is 109 Å². The molecular weight excluding hydrogens is 264 g/mol. The molecule has 94 valence electrons. The molecule has 0 aliphatic rings. The van der Waals surface area contributed by atoms with Gasteiger partial charge in [-0.15, -0.1) is 5.92 Å². The van der Waals surface area contributed by atoms with Crippen molar-refractivity contribution in [2.24, 2.45) is 0 Å². The van der Waals surface area contributed by atoms with Gasteiger partial charge in [0, 0.05) is 11.8 Å². The fourth-order valence-electron chi connectivity index (χ4n) is 1.50. The summed E-state index contributed by atoms with van der Waals surface area (Å²) in [7, 11) is 0. The highest BCUT2D eigenvalue weighted by Crippen LogP contribution is 2.06. The second kappa shape index (κ2) is 13.1. The molecule has 1 N–H and O–H groups in total. The van der Waals surface area contributed by atoms with E-state index in [-0.39, 0.29) is 0 Å². The standard InChI is InChI=1S/C14H25BrO/c1-2-3-11-14(16)12-9-7-5-4-6-8-10-13-15/h14,16H,2-8,10-11,13H2,1H3/t14-/m1/s1. The summed E-state index contributed by atoms with van der Waals surface area (Å²) in [5, 5.41) is 10.6. The van der Waals surface area contributed by atoms with Gasteiger partial charge in [-0.25, -0.2) is 0 Å². The maximum atomic E-state index is 9.47. The molecule has 0 fully saturated rings. The van der Waals surface area contributed by atoms with Crippen LogP contribution < -0.4 is 0 Å². The number of unbranched alkanes of at least 4 members (excludes halogenated alkanes) is 6. The monoisotopic (exact) mass is 288 g/mol. The Bertz CT molecular complexity index is 193. The van der Waals surface area contributed by atoms with Gasteiger partial charge in [-0.2, -0.15) is 0 Å². The molecule has 2 heteroatoms. The van der Waals surface area contributed by atoms with Gasteiger partial charge >= 0.3 is 0 Å². The van der Waals surface area contributed by atoms with E-state index in [4.69, 9.17) is 0 Å². The fraction of sp³-hybridized carbons (Fsp3) is 0.857. The van der Waals surface area contributed by atoms with Crippen molar-refractivity contribution in [3.05, 3.63) is 0 Å². The molecule has 16 heavy (non-hydrogen) atoms. The molecule has 0 aliphatic heterocycles. The molecule has 0 aliphatic carbocycles. The molecule has 0 saturated heterocycles. The van der Waals surface area contributed by atoms with E-state index in [1.807, 2.05) is 0 Å². The summed E-state index contributed by atoms with van der Waals surface area (Å²) in [5.41, 5.74) is 0. The van der Waals surface area contributed by atoms with Crippen LogP contribution in [0.15, 0.2) is 0 Å². The summed E-state index contributed by atoms with van der Waals surface area (Å²) >= 11 is 3.43. The molecule has 0 aromatic carbocycles. The Balaban J connectivity index is 3.26. The molecule has 0 heterocycles. The Morgan fingerprint density at radius 2 is 1.75 bits per heavy atom. The minimum Gasteiger partial charge on any atom is -0.380 e. The number of hydrogen-bond acceptors (Lipinski definition) is 1. The third kappa shape index (κ3) is 12.1. The first-order chi connectivity index (χ1) is 7.81. The van der Waals surface area contributed by atoms with Crippen molar-refractivity contribution in [2.75, 3.05) is 5.33 Å². The highest BCUT2D eigenvalue weighted by atomic mass is 79.9. The first-order valence-corrected chi connectivity index (χ1v) is 7.65. The van der Waals surface area contributed by atoms with E-state index >= 15 is 0 Å². The molecule has 0 aromatic rings. The summed E-state index contributed by atoms with van der Waals surface area (Å²) in [6, 6.07) is 0. The summed E-state index contributed by atoms with van der Waals surface area (Å²) in [4.78, 5) is 0. The summed E-state index contributed by atoms with van der Waals surface area (Å²) in [6.45, 7) is 2.13. The van der Waals surface area contributed by atoms with Crippen LogP contribution in [0.25, 0.3) is 0 Å². The van der Waals surface area contributed by atoms with E-state index in [1.54, 1.807) is 0 Å². The van der Waals surface area contributed by atoms with E-state index in [9.17, 15) is 5.11 Å². The minimum atomic E-state index is -0.395. The molecule has 0 bridgehead atoms. The predicted octanol–water partition coefficient (Wildman–Crippen LogP) is 4.28. The number of aliphatic hydroxyl groups is 1. The molecule has 0 amide bonds. The van der Waals surface area contributed by atoms with Crippen molar-refractivity contribution >= 4 is 15.9 Å². The van der Waals surface area contributed by atoms with Crippen LogP contribution in [0.2, 0.25) is 0 Å². The molecule has 1 nitrogen and oxygen atoms in total. The van der Waals surface area contributed by atoms with Crippen molar-refractivity contribution in [1.29, 1.82) is 0 Å². The van der Waals surface area contributed by atoms with Crippen molar-refractivity contribution < 1.29 is 5.11 Å². The molecular formula is C14H25BrO. The molecule has 1 atom stereocenters. The molecule has 0 spiro atoms. The van der Waals surface area contributed by atoms with Crippen molar-refractivity contribution in [3.63, 3.8) is 0 Å². The van der Waals surface area contributed by atoms with E-state index in [1.165, 1.54) is 32.1 Å². The normalized spacial score (nSPS) is 11.9. The zero-order valence-corrected chi connectivity index (χ0v) is 12.1. The Morgan fingerprint density at radius 3 is 2.44 bits per heavy atom. The average molecular weight is 289 g/mol. The lowest BCUT2D eigenvalue weighted by Gasteiger charge is -2.00. The van der Waals surface area contributed by atoms with E-state index in [0.717, 1.165) is 31.0 Å². The van der Waals surface area contributed by atoms with Crippen LogP contribution in [0, 0.1) is 11.8 Å². The smallest absolute Gasteiger partial charge is 0.114 e. The van der Waals surface area contributed by atoms with Gasteiger partial charge in [-0.1, -0.05) is 60.9 Å². The molecule has 0 aromatic heterocycles. The second-order valence-corrected chi connectivity index (χ2v) is 4.98. The second-order valence-electron chi connectivity index (χ2n) is 4.19. The lowest BCUT2D eigenvalue weighted by atomic mass is 10.1. The average Bonchev–Trinajstić information content (AvgIpc) is 2.30. The van der Waals surface area contributed by atoms with E-state index < -0.39 is 6.10 Å². The van der Waals surface area contributed by atoms with Crippen LogP contribution in [0.1, 0.15) is 64.7 Å². The van der Waals surface area contributed by atoms with Gasteiger partial charge in [0.15, 0.2) is 0 Å². The summed E-state index contributed by atoms with van der Waals surface area (Å²) in [5.74, 6) is 5.99. The number of halogens is 1. The van der Waals surface area contributed by atoms with Crippen LogP contribution in [0.3, 0.4) is 0 Å². The van der Waals surface area contributed by atoms with Gasteiger partial charge < -0.3 is 5.11 Å². The zero-order chi connectivity index (χ0) is 12.1. The topological polar surface area (TPSA) is 20.2 Å². The lowest BCUT2D eigenvalue weighted by molar-refractivity contribution is 0.218. The van der Waals surface area contributed by atoms with Crippen molar-refractivity contribution in [3.8, 4) is 11.8 Å². The zero-order valence-electron chi connectivity index (χ0n) is 10.5. The first kappa shape index (κ1) is 16.0. The highest BCUT2D eigenvalue weighted by Gasteiger charge is 1.96. The fourth-order valence-corrected chi connectivity index (χ4v) is 1.89. The van der Waals surface area contributed by atoms with Gasteiger partial charge in [0.1, 0.15) is 6.10 Å². The maximum Gasteiger partial charge on any atom is 0.114 e. The summed E-state index contributed by atoms with van der Waals surface area (Å²) in [6.07, 6.45) is 9.93. The van der Waals surface area contributed by atoms with Crippen molar-refractivity contribution in [2.45, 2.75) is 70.8 Å². The van der Waals surface area contributed by atoms with Gasteiger partial charge in [0.2, 0.25) is 0 Å². The number of alkyl halides is 1. The van der Waals surface area contributed by atoms with E-state index in [2.05, 4.69) is 34.7 Å². The Kier molecular flexibility index (Phi) is 13.1. The third-order valence-corrected chi connectivity index (χ3v) is 3.10. The van der Waals surface area contributed by atoms with Crippen LogP contribution in [-0.2, 0) is 0 Å². The SMILES string of the molecule is CCCC[C@@H](O)C#CCCCCCCCBr. The number of hydrogen-bond donors (Lipinski definition) is 1. The molecule has 0 unspecified atom stereocenters. The van der Waals surface area contributed by atoms with Crippen LogP contribution in [-0.4, -0.2) is 16.5 Å². The van der Waals surface area contributed by atoms with Crippen LogP contribution in [0.4, 0.5) is 0 Å². The van der Waals surface area contributed by atoms with E-state index in [0.29, 0.717) is 0 Å². The molecule has 0 radical (unpaired) electrons. The Morgan fingerprint density at radius 1 is 1.06 bits per heavy atom. The van der Waals surface area contributed by atoms with Gasteiger partial charge in [-0.05, 0) is 19.3 Å². The lowest BCUT2D eigenvalue weighted by Crippen LogP contribution is -2.01. The van der Waals surface area contributed by atoms with Gasteiger partial charge in [-0.3, -0.25) is 0 Å².